The smallest absolute Gasteiger partial charge is 0.190 e. The molecule has 0 radical (unpaired) electrons. The molecule has 1 aliphatic rings. The molecule has 3 nitrogen and oxygen atoms in total. The van der Waals surface area contributed by atoms with Gasteiger partial charge in [0.05, 0.1) is 0 Å². The number of ether oxygens (including phenoxy) is 1. The van der Waals surface area contributed by atoms with Gasteiger partial charge < -0.3 is 9.84 Å². The maximum Gasteiger partial charge on any atom is 0.190 e. The van der Waals surface area contributed by atoms with E-state index in [-0.39, 0.29) is 19.0 Å². The van der Waals surface area contributed by atoms with E-state index in [0.29, 0.717) is 11.0 Å². The summed E-state index contributed by atoms with van der Waals surface area (Å²) >= 11 is 3.01. The first-order valence-corrected chi connectivity index (χ1v) is 8.57. The van der Waals surface area contributed by atoms with Gasteiger partial charge in [-0.3, -0.25) is 4.90 Å². The Morgan fingerprint density at radius 2 is 1.80 bits per heavy atom. The molecule has 1 atom stereocenters. The van der Waals surface area contributed by atoms with Gasteiger partial charge in [-0.05, 0) is 29.7 Å². The summed E-state index contributed by atoms with van der Waals surface area (Å²) < 4.78 is 32.8. The Balaban J connectivity index is 0.00000225. The van der Waals surface area contributed by atoms with Gasteiger partial charge in [-0.2, -0.15) is 0 Å². The van der Waals surface area contributed by atoms with Gasteiger partial charge in [0.1, 0.15) is 12.7 Å². The van der Waals surface area contributed by atoms with Crippen molar-refractivity contribution in [1.29, 1.82) is 0 Å². The van der Waals surface area contributed by atoms with Crippen LogP contribution in [0.15, 0.2) is 40.9 Å². The van der Waals surface area contributed by atoms with Gasteiger partial charge in [-0.15, -0.1) is 12.4 Å². The molecule has 2 aromatic rings. The highest BCUT2D eigenvalue weighted by Crippen LogP contribution is 2.26. The fourth-order valence-corrected chi connectivity index (χ4v) is 3.31. The van der Waals surface area contributed by atoms with E-state index in [4.69, 9.17) is 4.74 Å². The van der Waals surface area contributed by atoms with Crippen LogP contribution in [-0.2, 0) is 13.0 Å². The first kappa shape index (κ1) is 20.1. The van der Waals surface area contributed by atoms with E-state index in [1.807, 2.05) is 12.1 Å². The number of benzene rings is 2. The monoisotopic (exact) mass is 433 g/mol. The molecule has 0 aromatic heterocycles. The summed E-state index contributed by atoms with van der Waals surface area (Å²) in [6, 6.07) is 10.5. The molecule has 1 N–H and O–H groups in total. The van der Waals surface area contributed by atoms with Crippen LogP contribution < -0.4 is 4.74 Å². The molecule has 1 heterocycles. The standard InChI is InChI=1S/C18H18BrF2NO2.ClH/c19-14-7-16(20)18(17(21)8-14)24-11-15(23)10-22-6-5-12-3-1-2-4-13(12)9-22;/h1-4,7-8,15,23H,5-6,9-11H2;1H. The van der Waals surface area contributed by atoms with E-state index in [0.717, 1.165) is 31.6 Å². The normalized spacial score (nSPS) is 15.2. The van der Waals surface area contributed by atoms with Crippen LogP contribution >= 0.6 is 28.3 Å². The first-order chi connectivity index (χ1) is 11.5. The summed E-state index contributed by atoms with van der Waals surface area (Å²) in [6.45, 7) is 1.84. The van der Waals surface area contributed by atoms with Crippen molar-refractivity contribution in [3.05, 3.63) is 63.6 Å². The van der Waals surface area contributed by atoms with Crippen molar-refractivity contribution in [2.45, 2.75) is 19.1 Å². The Kier molecular flexibility index (Phi) is 7.19. The lowest BCUT2D eigenvalue weighted by Crippen LogP contribution is -2.38. The minimum absolute atomic E-state index is 0. The molecule has 0 saturated carbocycles. The van der Waals surface area contributed by atoms with Crippen LogP contribution in [0.25, 0.3) is 0 Å². The van der Waals surface area contributed by atoms with E-state index in [1.165, 1.54) is 11.1 Å². The molecule has 0 bridgehead atoms. The summed E-state index contributed by atoms with van der Waals surface area (Å²) in [5.74, 6) is -2.04. The molecule has 0 fully saturated rings. The molecule has 0 amide bonds. The van der Waals surface area contributed by atoms with Gasteiger partial charge in [-0.25, -0.2) is 8.78 Å². The minimum Gasteiger partial charge on any atom is -0.485 e. The second kappa shape index (κ2) is 8.94. The average Bonchev–Trinajstić information content (AvgIpc) is 2.53. The zero-order chi connectivity index (χ0) is 17.1. The summed E-state index contributed by atoms with van der Waals surface area (Å²) in [6.07, 6.45) is 0.109. The topological polar surface area (TPSA) is 32.7 Å². The minimum atomic E-state index is -0.822. The molecule has 136 valence electrons. The van der Waals surface area contributed by atoms with Gasteiger partial charge >= 0.3 is 0 Å². The van der Waals surface area contributed by atoms with Crippen LogP contribution in [0.2, 0.25) is 0 Å². The van der Waals surface area contributed by atoms with Crippen LogP contribution in [0.5, 0.6) is 5.75 Å². The summed E-state index contributed by atoms with van der Waals surface area (Å²) in [5.41, 5.74) is 2.58. The largest absolute Gasteiger partial charge is 0.485 e. The van der Waals surface area contributed by atoms with Crippen LogP contribution in [0.4, 0.5) is 8.78 Å². The van der Waals surface area contributed by atoms with Crippen molar-refractivity contribution >= 4 is 28.3 Å². The highest BCUT2D eigenvalue weighted by molar-refractivity contribution is 9.10. The summed E-state index contributed by atoms with van der Waals surface area (Å²) in [7, 11) is 0. The predicted octanol–water partition coefficient (Wildman–Crippen LogP) is 3.95. The molecule has 1 unspecified atom stereocenters. The highest BCUT2D eigenvalue weighted by Gasteiger charge is 2.20. The van der Waals surface area contributed by atoms with Gasteiger partial charge in [0.25, 0.3) is 0 Å². The molecular formula is C18H19BrClF2NO2. The zero-order valence-electron chi connectivity index (χ0n) is 13.4. The number of β-amino-alcohol motifs (C(OH)–C–C–N with tert-alkyl or cyclic N) is 1. The van der Waals surface area contributed by atoms with E-state index in [9.17, 15) is 13.9 Å². The third-order valence-electron chi connectivity index (χ3n) is 4.06. The molecule has 2 aromatic carbocycles. The van der Waals surface area contributed by atoms with Crippen LogP contribution in [0.1, 0.15) is 11.1 Å². The number of fused-ring (bicyclic) bond motifs is 1. The average molecular weight is 435 g/mol. The highest BCUT2D eigenvalue weighted by atomic mass is 79.9. The number of hydrogen-bond donors (Lipinski definition) is 1. The van der Waals surface area contributed by atoms with Crippen molar-refractivity contribution in [1.82, 2.24) is 4.90 Å². The number of aliphatic hydroxyl groups is 1. The fraction of sp³-hybridized carbons (Fsp3) is 0.333. The van der Waals surface area contributed by atoms with Crippen LogP contribution in [-0.4, -0.2) is 35.8 Å². The predicted molar refractivity (Wildman–Crippen MR) is 98.2 cm³/mol. The first-order valence-electron chi connectivity index (χ1n) is 7.77. The molecule has 0 spiro atoms. The quantitative estimate of drug-likeness (QED) is 0.773. The number of nitrogens with zero attached hydrogens (tertiary/aromatic N) is 1. The maximum atomic E-state index is 13.7. The lowest BCUT2D eigenvalue weighted by atomic mass is 10.00. The number of aliphatic hydroxyl groups excluding tert-OH is 1. The number of rotatable bonds is 5. The zero-order valence-corrected chi connectivity index (χ0v) is 15.8. The van der Waals surface area contributed by atoms with Gasteiger partial charge in [0.15, 0.2) is 17.4 Å². The molecule has 7 heteroatoms. The van der Waals surface area contributed by atoms with E-state index in [2.05, 4.69) is 33.0 Å². The lowest BCUT2D eigenvalue weighted by molar-refractivity contribution is 0.0610. The third kappa shape index (κ3) is 5.14. The number of hydrogen-bond acceptors (Lipinski definition) is 3. The fourth-order valence-electron chi connectivity index (χ4n) is 2.91. The SMILES string of the molecule is Cl.OC(COc1c(F)cc(Br)cc1F)CN1CCc2ccccc2C1. The van der Waals surface area contributed by atoms with Crippen molar-refractivity contribution in [3.8, 4) is 5.75 Å². The Morgan fingerprint density at radius 1 is 1.16 bits per heavy atom. The van der Waals surface area contributed by atoms with Crippen molar-refractivity contribution < 1.29 is 18.6 Å². The molecule has 0 saturated heterocycles. The Labute approximate surface area is 160 Å². The van der Waals surface area contributed by atoms with E-state index in [1.54, 1.807) is 0 Å². The van der Waals surface area contributed by atoms with Crippen molar-refractivity contribution in [2.75, 3.05) is 19.7 Å². The maximum absolute atomic E-state index is 13.7. The molecule has 3 rings (SSSR count). The molecular weight excluding hydrogens is 416 g/mol. The molecule has 25 heavy (non-hydrogen) atoms. The van der Waals surface area contributed by atoms with E-state index < -0.39 is 23.5 Å². The second-order valence-corrected chi connectivity index (χ2v) is 6.83. The van der Waals surface area contributed by atoms with Gasteiger partial charge in [-0.1, -0.05) is 40.2 Å². The second-order valence-electron chi connectivity index (χ2n) is 5.92. The van der Waals surface area contributed by atoms with Crippen molar-refractivity contribution in [3.63, 3.8) is 0 Å². The number of halogens is 4. The molecule has 1 aliphatic heterocycles. The van der Waals surface area contributed by atoms with Gasteiger partial charge in [0, 0.05) is 24.1 Å². The Hall–Kier alpha value is -1.21. The summed E-state index contributed by atoms with van der Waals surface area (Å²) in [4.78, 5) is 2.12. The van der Waals surface area contributed by atoms with Gasteiger partial charge in [0.2, 0.25) is 0 Å². The van der Waals surface area contributed by atoms with Crippen LogP contribution in [0.3, 0.4) is 0 Å². The molecule has 0 aliphatic carbocycles. The Bertz CT molecular complexity index is 709. The van der Waals surface area contributed by atoms with Crippen molar-refractivity contribution in [2.24, 2.45) is 0 Å². The summed E-state index contributed by atoms with van der Waals surface area (Å²) in [5, 5.41) is 10.1. The Morgan fingerprint density at radius 3 is 2.48 bits per heavy atom. The van der Waals surface area contributed by atoms with Crippen LogP contribution in [0, 0.1) is 11.6 Å². The lowest BCUT2D eigenvalue weighted by Gasteiger charge is -2.30. The van der Waals surface area contributed by atoms with E-state index >= 15 is 0 Å². The third-order valence-corrected chi connectivity index (χ3v) is 4.52.